The van der Waals surface area contributed by atoms with Crippen molar-refractivity contribution in [2.75, 3.05) is 7.11 Å². The molecule has 0 aliphatic carbocycles. The van der Waals surface area contributed by atoms with Gasteiger partial charge in [0.1, 0.15) is 6.61 Å². The number of carbonyl (C=O) groups excluding carboxylic acids is 1. The van der Waals surface area contributed by atoms with Crippen LogP contribution in [0.1, 0.15) is 47.8 Å². The fourth-order valence-corrected chi connectivity index (χ4v) is 3.57. The van der Waals surface area contributed by atoms with Gasteiger partial charge in [0.15, 0.2) is 17.3 Å². The number of benzene rings is 3. The second-order valence-corrected chi connectivity index (χ2v) is 9.30. The zero-order chi connectivity index (χ0) is 23.3. The minimum atomic E-state index is -0.0536. The zero-order valence-electron chi connectivity index (χ0n) is 18.6. The van der Waals surface area contributed by atoms with Gasteiger partial charge in [-0.3, -0.25) is 4.79 Å². The molecule has 0 saturated heterocycles. The van der Waals surface area contributed by atoms with Gasteiger partial charge in [-0.2, -0.15) is 0 Å². The molecule has 0 N–H and O–H groups in total. The van der Waals surface area contributed by atoms with Crippen molar-refractivity contribution in [3.63, 3.8) is 0 Å². The summed E-state index contributed by atoms with van der Waals surface area (Å²) in [6, 6.07) is 18.5. The highest BCUT2D eigenvalue weighted by Crippen LogP contribution is 2.31. The molecule has 0 aromatic heterocycles. The van der Waals surface area contributed by atoms with Crippen molar-refractivity contribution >= 4 is 35.1 Å². The van der Waals surface area contributed by atoms with Gasteiger partial charge >= 0.3 is 0 Å². The lowest BCUT2D eigenvalue weighted by molar-refractivity contribution is 0.104. The maximum absolute atomic E-state index is 12.6. The molecule has 3 nitrogen and oxygen atoms in total. The predicted molar refractivity (Wildman–Crippen MR) is 132 cm³/mol. The third kappa shape index (κ3) is 6.15. The van der Waals surface area contributed by atoms with Gasteiger partial charge in [0.05, 0.1) is 7.11 Å². The van der Waals surface area contributed by atoms with Crippen LogP contribution in [0.15, 0.2) is 66.7 Å². The molecular weight excluding hydrogens is 443 g/mol. The topological polar surface area (TPSA) is 35.5 Å². The molecule has 32 heavy (non-hydrogen) atoms. The van der Waals surface area contributed by atoms with Gasteiger partial charge in [-0.15, -0.1) is 0 Å². The maximum atomic E-state index is 12.6. The van der Waals surface area contributed by atoms with Gasteiger partial charge < -0.3 is 9.47 Å². The van der Waals surface area contributed by atoms with Crippen LogP contribution in [0, 0.1) is 0 Å². The predicted octanol–water partition coefficient (Wildman–Crippen LogP) is 7.77. The molecule has 0 atom stereocenters. The van der Waals surface area contributed by atoms with Crippen molar-refractivity contribution < 1.29 is 14.3 Å². The second kappa shape index (κ2) is 10.2. The number of methoxy groups -OCH3 is 1. The molecule has 166 valence electrons. The van der Waals surface area contributed by atoms with Crippen molar-refractivity contribution in [3.8, 4) is 11.5 Å². The maximum Gasteiger partial charge on any atom is 0.185 e. The molecule has 0 heterocycles. The smallest absolute Gasteiger partial charge is 0.185 e. The number of carbonyl (C=O) groups is 1. The molecule has 0 radical (unpaired) electrons. The fourth-order valence-electron chi connectivity index (χ4n) is 3.10. The molecule has 0 bridgehead atoms. The molecule has 0 unspecified atom stereocenters. The van der Waals surface area contributed by atoms with Gasteiger partial charge in [0.25, 0.3) is 0 Å². The average Bonchev–Trinajstić information content (AvgIpc) is 2.76. The summed E-state index contributed by atoms with van der Waals surface area (Å²) in [7, 11) is 1.58. The summed E-state index contributed by atoms with van der Waals surface area (Å²) >= 11 is 12.1. The summed E-state index contributed by atoms with van der Waals surface area (Å²) in [6.45, 7) is 6.72. The van der Waals surface area contributed by atoms with Gasteiger partial charge in [-0.1, -0.05) is 86.4 Å². The van der Waals surface area contributed by atoms with E-state index in [2.05, 4.69) is 20.8 Å². The van der Waals surface area contributed by atoms with Crippen LogP contribution in [0.5, 0.6) is 11.5 Å². The third-order valence-corrected chi connectivity index (χ3v) is 5.64. The first-order valence-corrected chi connectivity index (χ1v) is 11.0. The number of ketones is 1. The van der Waals surface area contributed by atoms with Crippen molar-refractivity contribution in [2.45, 2.75) is 32.8 Å². The molecule has 0 aliphatic rings. The van der Waals surface area contributed by atoms with Crippen LogP contribution in [0.3, 0.4) is 0 Å². The van der Waals surface area contributed by atoms with E-state index in [9.17, 15) is 4.79 Å². The van der Waals surface area contributed by atoms with Crippen LogP contribution in [-0.2, 0) is 12.0 Å². The van der Waals surface area contributed by atoms with Crippen molar-refractivity contribution in [1.29, 1.82) is 0 Å². The zero-order valence-corrected chi connectivity index (χ0v) is 20.1. The number of ether oxygens (including phenoxy) is 2. The Labute approximate surface area is 199 Å². The molecule has 3 rings (SSSR count). The van der Waals surface area contributed by atoms with E-state index in [0.29, 0.717) is 27.1 Å². The molecule has 5 heteroatoms. The van der Waals surface area contributed by atoms with Crippen LogP contribution in [0.4, 0.5) is 0 Å². The van der Waals surface area contributed by atoms with Crippen molar-refractivity contribution in [3.05, 3.63) is 99.0 Å². The monoisotopic (exact) mass is 468 g/mol. The highest BCUT2D eigenvalue weighted by molar-refractivity contribution is 6.35. The Bertz CT molecular complexity index is 1130. The average molecular weight is 469 g/mol. The molecule has 0 saturated carbocycles. The van der Waals surface area contributed by atoms with Crippen LogP contribution in [0.25, 0.3) is 6.08 Å². The van der Waals surface area contributed by atoms with Crippen LogP contribution in [-0.4, -0.2) is 12.9 Å². The summed E-state index contributed by atoms with van der Waals surface area (Å²) in [6.07, 6.45) is 3.33. The van der Waals surface area contributed by atoms with E-state index < -0.39 is 0 Å². The molecule has 3 aromatic carbocycles. The number of hydrogen-bond acceptors (Lipinski definition) is 3. The molecule has 0 amide bonds. The van der Waals surface area contributed by atoms with Crippen LogP contribution >= 0.6 is 23.2 Å². The van der Waals surface area contributed by atoms with Gasteiger partial charge in [-0.05, 0) is 46.9 Å². The van der Waals surface area contributed by atoms with Gasteiger partial charge in [0.2, 0.25) is 0 Å². The first kappa shape index (κ1) is 23.9. The van der Waals surface area contributed by atoms with Crippen LogP contribution < -0.4 is 9.47 Å². The molecule has 3 aromatic rings. The summed E-state index contributed by atoms with van der Waals surface area (Å²) in [5.41, 5.74) is 3.55. The molecule has 0 aliphatic heterocycles. The van der Waals surface area contributed by atoms with E-state index in [1.165, 1.54) is 5.56 Å². The summed E-state index contributed by atoms with van der Waals surface area (Å²) in [4.78, 5) is 12.6. The quantitative estimate of drug-likeness (QED) is 0.262. The summed E-state index contributed by atoms with van der Waals surface area (Å²) < 4.78 is 11.3. The van der Waals surface area contributed by atoms with E-state index in [4.69, 9.17) is 32.7 Å². The SMILES string of the molecule is COc1cc(C=CC(=O)c2ccc(C(C)(C)C)cc2)ccc1OCc1ccc(Cl)cc1Cl. The number of rotatable bonds is 7. The fraction of sp³-hybridized carbons (Fsp3) is 0.222. The minimum absolute atomic E-state index is 0.0523. The highest BCUT2D eigenvalue weighted by Gasteiger charge is 2.14. The Morgan fingerprint density at radius 1 is 0.938 bits per heavy atom. The number of halogens is 2. The first-order valence-electron chi connectivity index (χ1n) is 10.2. The molecule has 0 fully saturated rings. The molecule has 0 spiro atoms. The van der Waals surface area contributed by atoms with Crippen molar-refractivity contribution in [1.82, 2.24) is 0 Å². The van der Waals surface area contributed by atoms with E-state index in [-0.39, 0.29) is 17.8 Å². The lowest BCUT2D eigenvalue weighted by Crippen LogP contribution is -2.11. The lowest BCUT2D eigenvalue weighted by Gasteiger charge is -2.18. The summed E-state index contributed by atoms with van der Waals surface area (Å²) in [5.74, 6) is 1.10. The van der Waals surface area contributed by atoms with Crippen molar-refractivity contribution in [2.24, 2.45) is 0 Å². The Hall–Kier alpha value is -2.75. The third-order valence-electron chi connectivity index (χ3n) is 5.05. The van der Waals surface area contributed by atoms with E-state index in [1.54, 1.807) is 31.4 Å². The standard InChI is InChI=1S/C27H26Cl2O3/c1-27(2,3)21-10-7-19(8-11-21)24(30)13-5-18-6-14-25(26(15-18)31-4)32-17-20-9-12-22(28)16-23(20)29/h5-16H,17H2,1-4H3. The van der Waals surface area contributed by atoms with E-state index >= 15 is 0 Å². The highest BCUT2D eigenvalue weighted by atomic mass is 35.5. The van der Waals surface area contributed by atoms with Gasteiger partial charge in [-0.25, -0.2) is 0 Å². The Balaban J connectivity index is 1.69. The Morgan fingerprint density at radius 2 is 1.66 bits per heavy atom. The van der Waals surface area contributed by atoms with Gasteiger partial charge in [0, 0.05) is 21.2 Å². The Morgan fingerprint density at radius 3 is 2.28 bits per heavy atom. The number of hydrogen-bond donors (Lipinski definition) is 0. The minimum Gasteiger partial charge on any atom is -0.493 e. The van der Waals surface area contributed by atoms with E-state index in [0.717, 1.165) is 11.1 Å². The summed E-state index contributed by atoms with van der Waals surface area (Å²) in [5, 5.41) is 1.12. The largest absolute Gasteiger partial charge is 0.493 e. The molecular formula is C27H26Cl2O3. The normalized spacial score (nSPS) is 11.6. The lowest BCUT2D eigenvalue weighted by atomic mass is 9.86. The van der Waals surface area contributed by atoms with E-state index in [1.807, 2.05) is 48.5 Å². The first-order chi connectivity index (χ1) is 15.2. The Kier molecular flexibility index (Phi) is 7.65. The van der Waals surface area contributed by atoms with Crippen LogP contribution in [0.2, 0.25) is 10.0 Å². The number of allylic oxidation sites excluding steroid dienone is 1. The second-order valence-electron chi connectivity index (χ2n) is 8.46.